The van der Waals surface area contributed by atoms with Gasteiger partial charge in [-0.15, -0.1) is 0 Å². The number of hydrogen-bond donors (Lipinski definition) is 2. The number of hydrogen-bond acceptors (Lipinski definition) is 3. The Balaban J connectivity index is 1.76. The first-order valence-electron chi connectivity index (χ1n) is 5.95. The van der Waals surface area contributed by atoms with Gasteiger partial charge in [0.25, 0.3) is 0 Å². The summed E-state index contributed by atoms with van der Waals surface area (Å²) >= 11 is 0. The van der Waals surface area contributed by atoms with Crippen molar-refractivity contribution in [3.05, 3.63) is 0 Å². The Hall–Kier alpha value is -0.610. The monoisotopic (exact) mass is 212 g/mol. The third-order valence-corrected chi connectivity index (χ3v) is 3.22. The standard InChI is InChI=1S/C11H20N2O2/c14-11(9-4-7-15-8-9)13-10-2-1-5-12-6-3-10/h9-10,12H,1-8H2,(H,13,14). The molecule has 0 radical (unpaired) electrons. The van der Waals surface area contributed by atoms with E-state index in [9.17, 15) is 4.79 Å². The van der Waals surface area contributed by atoms with Gasteiger partial charge in [0.05, 0.1) is 12.5 Å². The molecule has 86 valence electrons. The molecule has 2 rings (SSSR count). The van der Waals surface area contributed by atoms with E-state index in [-0.39, 0.29) is 11.8 Å². The molecule has 2 atom stereocenters. The van der Waals surface area contributed by atoms with Crippen molar-refractivity contribution in [1.29, 1.82) is 0 Å². The van der Waals surface area contributed by atoms with Crippen LogP contribution in [0.15, 0.2) is 0 Å². The summed E-state index contributed by atoms with van der Waals surface area (Å²) in [6.07, 6.45) is 4.20. The molecule has 0 bridgehead atoms. The molecular formula is C11H20N2O2. The summed E-state index contributed by atoms with van der Waals surface area (Å²) in [4.78, 5) is 11.8. The van der Waals surface area contributed by atoms with E-state index in [1.165, 1.54) is 0 Å². The fourth-order valence-corrected chi connectivity index (χ4v) is 2.22. The third kappa shape index (κ3) is 3.18. The van der Waals surface area contributed by atoms with Crippen molar-refractivity contribution in [2.24, 2.45) is 5.92 Å². The molecule has 0 saturated carbocycles. The molecule has 2 N–H and O–H groups in total. The van der Waals surface area contributed by atoms with Gasteiger partial charge < -0.3 is 15.4 Å². The highest BCUT2D eigenvalue weighted by atomic mass is 16.5. The molecular weight excluding hydrogens is 192 g/mol. The Bertz CT molecular complexity index is 207. The van der Waals surface area contributed by atoms with Crippen LogP contribution in [0.5, 0.6) is 0 Å². The Morgan fingerprint density at radius 3 is 3.00 bits per heavy atom. The number of rotatable bonds is 2. The average Bonchev–Trinajstić information content (AvgIpc) is 2.65. The second-order valence-electron chi connectivity index (χ2n) is 4.45. The SMILES string of the molecule is O=C(NC1CCCNCC1)C1CCOC1. The largest absolute Gasteiger partial charge is 0.381 e. The van der Waals surface area contributed by atoms with Gasteiger partial charge in [0, 0.05) is 12.6 Å². The van der Waals surface area contributed by atoms with Crippen LogP contribution in [0, 0.1) is 5.92 Å². The zero-order valence-electron chi connectivity index (χ0n) is 9.13. The normalized spacial score (nSPS) is 32.3. The fourth-order valence-electron chi connectivity index (χ4n) is 2.22. The zero-order valence-corrected chi connectivity index (χ0v) is 9.13. The van der Waals surface area contributed by atoms with E-state index in [0.717, 1.165) is 45.4 Å². The van der Waals surface area contributed by atoms with Crippen LogP contribution >= 0.6 is 0 Å². The summed E-state index contributed by atoms with van der Waals surface area (Å²) in [5, 5.41) is 6.49. The van der Waals surface area contributed by atoms with Gasteiger partial charge >= 0.3 is 0 Å². The Labute approximate surface area is 90.8 Å². The minimum absolute atomic E-state index is 0.0983. The minimum atomic E-state index is 0.0983. The number of amides is 1. The van der Waals surface area contributed by atoms with Gasteiger partial charge in [-0.05, 0) is 38.8 Å². The van der Waals surface area contributed by atoms with Gasteiger partial charge in [0.15, 0.2) is 0 Å². The van der Waals surface area contributed by atoms with Crippen LogP contribution in [0.4, 0.5) is 0 Å². The summed E-state index contributed by atoms with van der Waals surface area (Å²) in [6.45, 7) is 3.45. The summed E-state index contributed by atoms with van der Waals surface area (Å²) in [5.41, 5.74) is 0. The second-order valence-corrected chi connectivity index (χ2v) is 4.45. The molecule has 2 aliphatic rings. The van der Waals surface area contributed by atoms with Crippen LogP contribution in [0.2, 0.25) is 0 Å². The predicted molar refractivity (Wildman–Crippen MR) is 57.6 cm³/mol. The molecule has 15 heavy (non-hydrogen) atoms. The lowest BCUT2D eigenvalue weighted by Crippen LogP contribution is -2.39. The van der Waals surface area contributed by atoms with Gasteiger partial charge in [-0.3, -0.25) is 4.79 Å². The van der Waals surface area contributed by atoms with Crippen molar-refractivity contribution >= 4 is 5.91 Å². The third-order valence-electron chi connectivity index (χ3n) is 3.22. The molecule has 0 aromatic carbocycles. The summed E-state index contributed by atoms with van der Waals surface area (Å²) in [7, 11) is 0. The fraction of sp³-hybridized carbons (Fsp3) is 0.909. The minimum Gasteiger partial charge on any atom is -0.381 e. The molecule has 2 unspecified atom stereocenters. The highest BCUT2D eigenvalue weighted by molar-refractivity contribution is 5.79. The number of carbonyl (C=O) groups is 1. The van der Waals surface area contributed by atoms with E-state index in [2.05, 4.69) is 10.6 Å². The number of ether oxygens (including phenoxy) is 1. The van der Waals surface area contributed by atoms with Crippen LogP contribution in [0.3, 0.4) is 0 Å². The van der Waals surface area contributed by atoms with Gasteiger partial charge in [0.1, 0.15) is 0 Å². The van der Waals surface area contributed by atoms with Gasteiger partial charge in [-0.25, -0.2) is 0 Å². The maximum atomic E-state index is 11.8. The molecule has 0 spiro atoms. The van der Waals surface area contributed by atoms with E-state index in [4.69, 9.17) is 4.74 Å². The molecule has 4 heteroatoms. The van der Waals surface area contributed by atoms with Crippen molar-refractivity contribution in [2.45, 2.75) is 31.7 Å². The molecule has 1 amide bonds. The topological polar surface area (TPSA) is 50.4 Å². The Morgan fingerprint density at radius 1 is 1.27 bits per heavy atom. The molecule has 2 saturated heterocycles. The van der Waals surface area contributed by atoms with Crippen LogP contribution < -0.4 is 10.6 Å². The lowest BCUT2D eigenvalue weighted by atomic mass is 10.1. The highest BCUT2D eigenvalue weighted by Crippen LogP contribution is 2.13. The zero-order chi connectivity index (χ0) is 10.5. The summed E-state index contributed by atoms with van der Waals surface area (Å²) < 4.78 is 5.22. The smallest absolute Gasteiger partial charge is 0.225 e. The molecule has 2 fully saturated rings. The van der Waals surface area contributed by atoms with Crippen molar-refractivity contribution < 1.29 is 9.53 Å². The van der Waals surface area contributed by atoms with E-state index in [1.807, 2.05) is 0 Å². The van der Waals surface area contributed by atoms with E-state index < -0.39 is 0 Å². The highest BCUT2D eigenvalue weighted by Gasteiger charge is 2.25. The van der Waals surface area contributed by atoms with Crippen molar-refractivity contribution in [3.8, 4) is 0 Å². The molecule has 4 nitrogen and oxygen atoms in total. The second kappa shape index (κ2) is 5.47. The molecule has 0 aliphatic carbocycles. The van der Waals surface area contributed by atoms with Gasteiger partial charge in [-0.2, -0.15) is 0 Å². The first kappa shape index (κ1) is 10.9. The van der Waals surface area contributed by atoms with Crippen LogP contribution in [-0.4, -0.2) is 38.3 Å². The van der Waals surface area contributed by atoms with Crippen LogP contribution in [0.1, 0.15) is 25.7 Å². The number of nitrogens with one attached hydrogen (secondary N) is 2. The summed E-state index contributed by atoms with van der Waals surface area (Å²) in [5.74, 6) is 0.292. The van der Waals surface area contributed by atoms with Crippen molar-refractivity contribution in [3.63, 3.8) is 0 Å². The summed E-state index contributed by atoms with van der Waals surface area (Å²) in [6, 6.07) is 0.369. The maximum Gasteiger partial charge on any atom is 0.225 e. The lowest BCUT2D eigenvalue weighted by Gasteiger charge is -2.18. The van der Waals surface area contributed by atoms with E-state index >= 15 is 0 Å². The first-order valence-corrected chi connectivity index (χ1v) is 5.95. The first-order chi connectivity index (χ1) is 7.36. The van der Waals surface area contributed by atoms with Crippen molar-refractivity contribution in [2.75, 3.05) is 26.3 Å². The van der Waals surface area contributed by atoms with Crippen LogP contribution in [0.25, 0.3) is 0 Å². The Morgan fingerprint density at radius 2 is 2.20 bits per heavy atom. The molecule has 0 aromatic heterocycles. The lowest BCUT2D eigenvalue weighted by molar-refractivity contribution is -0.125. The van der Waals surface area contributed by atoms with E-state index in [1.54, 1.807) is 0 Å². The van der Waals surface area contributed by atoms with Gasteiger partial charge in [0.2, 0.25) is 5.91 Å². The predicted octanol–water partition coefficient (Wildman–Crippen LogP) is 0.281. The molecule has 2 aliphatic heterocycles. The number of carbonyl (C=O) groups excluding carboxylic acids is 1. The average molecular weight is 212 g/mol. The molecule has 0 aromatic rings. The quantitative estimate of drug-likeness (QED) is 0.691. The maximum absolute atomic E-state index is 11.8. The van der Waals surface area contributed by atoms with Gasteiger partial charge in [-0.1, -0.05) is 0 Å². The van der Waals surface area contributed by atoms with Crippen molar-refractivity contribution in [1.82, 2.24) is 10.6 Å². The van der Waals surface area contributed by atoms with E-state index in [0.29, 0.717) is 12.6 Å². The Kier molecular flexibility index (Phi) is 3.97. The van der Waals surface area contributed by atoms with Crippen LogP contribution in [-0.2, 0) is 9.53 Å². The molecule has 2 heterocycles.